The average molecular weight is 454 g/mol. The maximum Gasteiger partial charge on any atom is 0.573 e. The summed E-state index contributed by atoms with van der Waals surface area (Å²) in [5, 5.41) is 18.3. The second-order valence-corrected chi connectivity index (χ2v) is 8.45. The number of ether oxygens (including phenoxy) is 1. The molecule has 0 saturated heterocycles. The van der Waals surface area contributed by atoms with Crippen molar-refractivity contribution in [3.8, 4) is 5.75 Å². The molecule has 0 unspecified atom stereocenters. The summed E-state index contributed by atoms with van der Waals surface area (Å²) in [4.78, 5) is 9.22. The number of hydrogen-bond acceptors (Lipinski definition) is 6. The Morgan fingerprint density at radius 2 is 2.03 bits per heavy atom. The van der Waals surface area contributed by atoms with E-state index in [1.54, 1.807) is 23.1 Å². The second-order valence-electron chi connectivity index (χ2n) is 8.45. The van der Waals surface area contributed by atoms with Gasteiger partial charge in [-0.05, 0) is 55.7 Å². The monoisotopic (exact) mass is 454 g/mol. The van der Waals surface area contributed by atoms with Gasteiger partial charge in [-0.1, -0.05) is 24.2 Å². The molecule has 2 aromatic rings. The van der Waals surface area contributed by atoms with Crippen LogP contribution >= 0.6 is 0 Å². The summed E-state index contributed by atoms with van der Waals surface area (Å²) in [6, 6.07) is 6.01. The Morgan fingerprint density at radius 3 is 2.62 bits per heavy atom. The van der Waals surface area contributed by atoms with E-state index in [1.165, 1.54) is 25.6 Å². The summed E-state index contributed by atoms with van der Waals surface area (Å²) in [6.45, 7) is 2.75. The minimum atomic E-state index is -4.70. The van der Waals surface area contributed by atoms with Crippen molar-refractivity contribution in [2.75, 3.05) is 13.7 Å². The first-order chi connectivity index (χ1) is 15.2. The third-order valence-electron chi connectivity index (χ3n) is 6.27. The number of hydrogen-bond donors (Lipinski definition) is 1. The molecule has 1 N–H and O–H groups in total. The smallest absolute Gasteiger partial charge is 0.406 e. The number of aryl methyl sites for hydroxylation is 1. The fourth-order valence-corrected chi connectivity index (χ4v) is 4.60. The van der Waals surface area contributed by atoms with Gasteiger partial charge in [0.15, 0.2) is 0 Å². The van der Waals surface area contributed by atoms with Crippen molar-refractivity contribution in [1.29, 1.82) is 0 Å². The van der Waals surface area contributed by atoms with E-state index in [2.05, 4.69) is 26.9 Å². The molecule has 0 bridgehead atoms. The maximum atomic E-state index is 12.4. The first-order valence-electron chi connectivity index (χ1n) is 10.6. The van der Waals surface area contributed by atoms with E-state index < -0.39 is 6.36 Å². The molecular formula is C22H29F3N4O3. The lowest BCUT2D eigenvalue weighted by Gasteiger charge is -2.43. The third kappa shape index (κ3) is 6.21. The van der Waals surface area contributed by atoms with Gasteiger partial charge in [0.25, 0.3) is 0 Å². The van der Waals surface area contributed by atoms with Gasteiger partial charge in [0.2, 0.25) is 0 Å². The van der Waals surface area contributed by atoms with Gasteiger partial charge >= 0.3 is 6.36 Å². The highest BCUT2D eigenvalue weighted by Crippen LogP contribution is 2.44. The topological polar surface area (TPSA) is 81.8 Å². The third-order valence-corrected chi connectivity index (χ3v) is 6.27. The van der Waals surface area contributed by atoms with Crippen LogP contribution in [-0.4, -0.2) is 45.7 Å². The van der Waals surface area contributed by atoms with Crippen molar-refractivity contribution >= 4 is 5.71 Å². The summed E-state index contributed by atoms with van der Waals surface area (Å²) < 4.78 is 42.9. The first-order valence-corrected chi connectivity index (χ1v) is 10.6. The highest BCUT2D eigenvalue weighted by atomic mass is 19.4. The average Bonchev–Trinajstić information content (AvgIpc) is 3.24. The van der Waals surface area contributed by atoms with Crippen molar-refractivity contribution in [3.05, 3.63) is 42.5 Å². The zero-order valence-electron chi connectivity index (χ0n) is 18.3. The predicted molar refractivity (Wildman–Crippen MR) is 112 cm³/mol. The molecule has 0 radical (unpaired) electrons. The number of aliphatic hydroxyl groups is 1. The summed E-state index contributed by atoms with van der Waals surface area (Å²) in [6.07, 6.45) is 2.40. The number of alkyl halides is 3. The van der Waals surface area contributed by atoms with Crippen LogP contribution in [0.15, 0.2) is 42.1 Å². The van der Waals surface area contributed by atoms with Gasteiger partial charge in [0.05, 0.1) is 12.3 Å². The zero-order chi connectivity index (χ0) is 23.2. The van der Waals surface area contributed by atoms with Gasteiger partial charge in [-0.3, -0.25) is 4.68 Å². The normalized spacial score (nSPS) is 25.1. The molecule has 10 heteroatoms. The fraction of sp³-hybridized carbons (Fsp3) is 0.591. The van der Waals surface area contributed by atoms with Crippen LogP contribution in [0.5, 0.6) is 5.75 Å². The van der Waals surface area contributed by atoms with Crippen molar-refractivity contribution < 1.29 is 27.9 Å². The molecule has 3 rings (SSSR count). The number of nitrogens with zero attached hydrogens (tertiary/aromatic N) is 4. The van der Waals surface area contributed by atoms with Crippen molar-refractivity contribution in [3.63, 3.8) is 0 Å². The zero-order valence-corrected chi connectivity index (χ0v) is 18.3. The van der Waals surface area contributed by atoms with Crippen LogP contribution < -0.4 is 4.74 Å². The molecule has 0 spiro atoms. The van der Waals surface area contributed by atoms with E-state index in [1.807, 2.05) is 0 Å². The van der Waals surface area contributed by atoms with Crippen LogP contribution in [0.3, 0.4) is 0 Å². The molecular weight excluding hydrogens is 425 g/mol. The van der Waals surface area contributed by atoms with Crippen molar-refractivity contribution in [2.24, 2.45) is 22.4 Å². The molecule has 1 heterocycles. The lowest BCUT2D eigenvalue weighted by atomic mass is 9.62. The van der Waals surface area contributed by atoms with Crippen LogP contribution in [0, 0.1) is 17.3 Å². The van der Waals surface area contributed by atoms with Gasteiger partial charge in [0.1, 0.15) is 25.5 Å². The first kappa shape index (κ1) is 24.0. The molecule has 1 saturated carbocycles. The van der Waals surface area contributed by atoms with Crippen LogP contribution in [-0.2, 0) is 17.8 Å². The Hall–Kier alpha value is -2.62. The Bertz CT molecular complexity index is 872. The van der Waals surface area contributed by atoms with E-state index in [9.17, 15) is 18.3 Å². The van der Waals surface area contributed by atoms with Gasteiger partial charge in [-0.25, -0.2) is 4.98 Å². The van der Waals surface area contributed by atoms with Crippen molar-refractivity contribution in [1.82, 2.24) is 14.8 Å². The maximum absolute atomic E-state index is 12.4. The highest BCUT2D eigenvalue weighted by molar-refractivity contribution is 5.92. The SMILES string of the molecule is CON=C1[C@@H](Cn2cncn2)[C@H](CCc2ccc(OC(F)(F)F)cc2)CC[C@@]1(C)CCO. The van der Waals surface area contributed by atoms with E-state index in [-0.39, 0.29) is 29.6 Å². The standard InChI is InChI=1S/C22H29F3N4O3/c1-21(11-12-30)10-9-17(19(20(21)28-31-2)13-29-15-26-14-27-29)6-3-16-4-7-18(8-5-16)32-22(23,24)25/h4-5,7-8,14-15,17,19,30H,3,6,9-13H2,1-2H3/t17-,19+,21+/m1/s1. The van der Waals surface area contributed by atoms with Crippen LogP contribution in [0.2, 0.25) is 0 Å². The molecule has 1 aliphatic rings. The minimum Gasteiger partial charge on any atom is -0.406 e. The van der Waals surface area contributed by atoms with E-state index in [0.717, 1.165) is 30.5 Å². The molecule has 1 aromatic carbocycles. The largest absolute Gasteiger partial charge is 0.573 e. The van der Waals surface area contributed by atoms with Gasteiger partial charge in [0, 0.05) is 17.9 Å². The lowest BCUT2D eigenvalue weighted by molar-refractivity contribution is -0.274. The van der Waals surface area contributed by atoms with Gasteiger partial charge in [-0.2, -0.15) is 5.10 Å². The molecule has 7 nitrogen and oxygen atoms in total. The number of halogens is 3. The fourth-order valence-electron chi connectivity index (χ4n) is 4.60. The Kier molecular flexibility index (Phi) is 7.76. The van der Waals surface area contributed by atoms with Crippen LogP contribution in [0.1, 0.15) is 38.2 Å². The van der Waals surface area contributed by atoms with Gasteiger partial charge in [-0.15, -0.1) is 13.2 Å². The predicted octanol–water partition coefficient (Wildman–Crippen LogP) is 4.23. The molecule has 1 fully saturated rings. The van der Waals surface area contributed by atoms with E-state index in [4.69, 9.17) is 4.84 Å². The second kappa shape index (κ2) is 10.3. The Morgan fingerprint density at radius 1 is 1.28 bits per heavy atom. The summed E-state index contributed by atoms with van der Waals surface area (Å²) >= 11 is 0. The summed E-state index contributed by atoms with van der Waals surface area (Å²) in [5.41, 5.74) is 1.57. The Labute approximate surface area is 185 Å². The molecule has 3 atom stereocenters. The number of rotatable bonds is 9. The molecule has 1 aliphatic carbocycles. The quantitative estimate of drug-likeness (QED) is 0.574. The van der Waals surface area contributed by atoms with Gasteiger partial charge < -0.3 is 14.7 Å². The lowest BCUT2D eigenvalue weighted by Crippen LogP contribution is -2.45. The Balaban J connectivity index is 1.75. The summed E-state index contributed by atoms with van der Waals surface area (Å²) in [5.74, 6) is 0.0815. The van der Waals surface area contributed by atoms with Crippen molar-refractivity contribution in [2.45, 2.75) is 51.9 Å². The highest BCUT2D eigenvalue weighted by Gasteiger charge is 2.44. The summed E-state index contributed by atoms with van der Waals surface area (Å²) in [7, 11) is 1.52. The molecule has 176 valence electrons. The number of aromatic nitrogens is 3. The molecule has 0 aliphatic heterocycles. The number of aliphatic hydroxyl groups excluding tert-OH is 1. The van der Waals surface area contributed by atoms with E-state index >= 15 is 0 Å². The van der Waals surface area contributed by atoms with E-state index in [0.29, 0.717) is 19.4 Å². The van der Waals surface area contributed by atoms with Crippen LogP contribution in [0.25, 0.3) is 0 Å². The molecule has 0 amide bonds. The minimum absolute atomic E-state index is 0.0368. The number of oxime groups is 1. The van der Waals surface area contributed by atoms with Crippen LogP contribution in [0.4, 0.5) is 13.2 Å². The molecule has 32 heavy (non-hydrogen) atoms. The molecule has 1 aromatic heterocycles. The number of benzene rings is 1.